The zero-order valence-corrected chi connectivity index (χ0v) is 9.71. The van der Waals surface area contributed by atoms with Crippen molar-refractivity contribution in [3.8, 4) is 11.5 Å². The number of ether oxygens (including phenoxy) is 1. The second-order valence-electron chi connectivity index (χ2n) is 3.78. The Bertz CT molecular complexity index is 573. The number of nitrogens with two attached hydrogens (primary N) is 1. The van der Waals surface area contributed by atoms with Crippen LogP contribution in [-0.4, -0.2) is 0 Å². The van der Waals surface area contributed by atoms with Gasteiger partial charge in [0.05, 0.1) is 5.69 Å². The van der Waals surface area contributed by atoms with Crippen LogP contribution in [0.4, 0.5) is 14.5 Å². The Morgan fingerprint density at radius 2 is 1.94 bits per heavy atom. The molecular weight excluding hydrogens is 238 g/mol. The molecule has 2 aromatic rings. The molecule has 0 heterocycles. The van der Waals surface area contributed by atoms with Crippen LogP contribution in [0.2, 0.25) is 0 Å². The van der Waals surface area contributed by atoms with Gasteiger partial charge in [-0.2, -0.15) is 4.39 Å². The summed E-state index contributed by atoms with van der Waals surface area (Å²) in [4.78, 5) is 0. The lowest BCUT2D eigenvalue weighted by Gasteiger charge is -2.10. The summed E-state index contributed by atoms with van der Waals surface area (Å²) < 4.78 is 31.7. The van der Waals surface area contributed by atoms with Crippen LogP contribution in [0.15, 0.2) is 36.4 Å². The highest BCUT2D eigenvalue weighted by Gasteiger charge is 2.10. The predicted octanol–water partition coefficient (Wildman–Crippen LogP) is 3.35. The standard InChI is InChI=1S/C13H12F2N2O/c1-8-7-9(5-6-11(8)17-16)18-12-4-2-3-10(14)13(12)15/h2-7,17H,16H2,1H3. The summed E-state index contributed by atoms with van der Waals surface area (Å²) in [5.41, 5.74) is 4.09. The molecule has 0 amide bonds. The summed E-state index contributed by atoms with van der Waals surface area (Å²) in [6, 6.07) is 8.78. The summed E-state index contributed by atoms with van der Waals surface area (Å²) in [6.45, 7) is 1.82. The first kappa shape index (κ1) is 12.3. The van der Waals surface area contributed by atoms with Crippen LogP contribution in [0.5, 0.6) is 11.5 Å². The average molecular weight is 250 g/mol. The highest BCUT2D eigenvalue weighted by Crippen LogP contribution is 2.28. The van der Waals surface area contributed by atoms with Crippen molar-refractivity contribution in [2.45, 2.75) is 6.92 Å². The predicted molar refractivity (Wildman–Crippen MR) is 65.4 cm³/mol. The van der Waals surface area contributed by atoms with Crippen molar-refractivity contribution in [2.75, 3.05) is 5.43 Å². The molecule has 94 valence electrons. The molecule has 0 aliphatic carbocycles. The van der Waals surface area contributed by atoms with Crippen molar-refractivity contribution in [2.24, 2.45) is 5.84 Å². The first-order valence-electron chi connectivity index (χ1n) is 5.31. The zero-order valence-electron chi connectivity index (χ0n) is 9.71. The van der Waals surface area contributed by atoms with Crippen molar-refractivity contribution in [3.05, 3.63) is 53.6 Å². The highest BCUT2D eigenvalue weighted by molar-refractivity contribution is 5.53. The van der Waals surface area contributed by atoms with Gasteiger partial charge in [0.2, 0.25) is 5.82 Å². The minimum Gasteiger partial charge on any atom is -0.454 e. The van der Waals surface area contributed by atoms with Crippen LogP contribution < -0.4 is 16.0 Å². The van der Waals surface area contributed by atoms with E-state index in [9.17, 15) is 8.78 Å². The van der Waals surface area contributed by atoms with Gasteiger partial charge < -0.3 is 10.2 Å². The molecule has 0 spiro atoms. The smallest absolute Gasteiger partial charge is 0.201 e. The number of aryl methyl sites for hydroxylation is 1. The Morgan fingerprint density at radius 1 is 1.17 bits per heavy atom. The number of anilines is 1. The van der Waals surface area contributed by atoms with E-state index >= 15 is 0 Å². The third-order valence-electron chi connectivity index (χ3n) is 2.50. The second-order valence-corrected chi connectivity index (χ2v) is 3.78. The number of hydrogen-bond donors (Lipinski definition) is 2. The first-order valence-corrected chi connectivity index (χ1v) is 5.31. The fourth-order valence-corrected chi connectivity index (χ4v) is 1.55. The molecule has 0 radical (unpaired) electrons. The maximum absolute atomic E-state index is 13.4. The van der Waals surface area contributed by atoms with E-state index in [0.717, 1.165) is 17.3 Å². The molecule has 2 rings (SSSR count). The van der Waals surface area contributed by atoms with E-state index in [4.69, 9.17) is 10.6 Å². The lowest BCUT2D eigenvalue weighted by atomic mass is 10.2. The summed E-state index contributed by atoms with van der Waals surface area (Å²) in [7, 11) is 0. The molecule has 0 saturated carbocycles. The summed E-state index contributed by atoms with van der Waals surface area (Å²) in [5.74, 6) is 3.62. The Hall–Kier alpha value is -2.14. The lowest BCUT2D eigenvalue weighted by Crippen LogP contribution is -2.07. The van der Waals surface area contributed by atoms with Crippen molar-refractivity contribution in [1.29, 1.82) is 0 Å². The SMILES string of the molecule is Cc1cc(Oc2cccc(F)c2F)ccc1NN. The number of rotatable bonds is 3. The quantitative estimate of drug-likeness (QED) is 0.648. The molecule has 18 heavy (non-hydrogen) atoms. The maximum atomic E-state index is 13.4. The molecule has 0 aliphatic heterocycles. The van der Waals surface area contributed by atoms with E-state index < -0.39 is 11.6 Å². The van der Waals surface area contributed by atoms with E-state index in [0.29, 0.717) is 5.75 Å². The molecule has 0 saturated heterocycles. The number of nitrogens with one attached hydrogen (secondary N) is 1. The fraction of sp³-hybridized carbons (Fsp3) is 0.0769. The maximum Gasteiger partial charge on any atom is 0.201 e. The number of benzene rings is 2. The van der Waals surface area contributed by atoms with Gasteiger partial charge in [-0.15, -0.1) is 0 Å². The van der Waals surface area contributed by atoms with E-state index in [1.54, 1.807) is 18.2 Å². The van der Waals surface area contributed by atoms with Crippen molar-refractivity contribution in [3.63, 3.8) is 0 Å². The van der Waals surface area contributed by atoms with E-state index in [-0.39, 0.29) is 5.75 Å². The van der Waals surface area contributed by atoms with Crippen LogP contribution >= 0.6 is 0 Å². The summed E-state index contributed by atoms with van der Waals surface area (Å²) in [6.07, 6.45) is 0. The molecule has 3 nitrogen and oxygen atoms in total. The number of nitrogen functional groups attached to an aromatic ring is 1. The van der Waals surface area contributed by atoms with Gasteiger partial charge in [0.25, 0.3) is 0 Å². The zero-order chi connectivity index (χ0) is 13.1. The van der Waals surface area contributed by atoms with Gasteiger partial charge in [0, 0.05) is 0 Å². The van der Waals surface area contributed by atoms with Gasteiger partial charge >= 0.3 is 0 Å². The molecule has 0 aliphatic rings. The molecular formula is C13H12F2N2O. The van der Waals surface area contributed by atoms with Gasteiger partial charge in [0.15, 0.2) is 11.6 Å². The minimum absolute atomic E-state index is 0.150. The first-order chi connectivity index (χ1) is 8.61. The van der Waals surface area contributed by atoms with Crippen LogP contribution in [0.3, 0.4) is 0 Å². The Morgan fingerprint density at radius 3 is 2.61 bits per heavy atom. The fourth-order valence-electron chi connectivity index (χ4n) is 1.55. The number of hydrazine groups is 1. The molecule has 5 heteroatoms. The molecule has 2 aromatic carbocycles. The van der Waals surface area contributed by atoms with Crippen LogP contribution in [0, 0.1) is 18.6 Å². The van der Waals surface area contributed by atoms with Crippen LogP contribution in [-0.2, 0) is 0 Å². The van der Waals surface area contributed by atoms with Gasteiger partial charge in [-0.3, -0.25) is 5.84 Å². The largest absolute Gasteiger partial charge is 0.454 e. The monoisotopic (exact) mass is 250 g/mol. The molecule has 3 N–H and O–H groups in total. The molecule has 0 unspecified atom stereocenters. The second kappa shape index (κ2) is 5.01. The summed E-state index contributed by atoms with van der Waals surface area (Å²) in [5, 5.41) is 0. The average Bonchev–Trinajstić information content (AvgIpc) is 2.35. The van der Waals surface area contributed by atoms with Crippen LogP contribution in [0.1, 0.15) is 5.56 Å². The molecule has 0 fully saturated rings. The Labute approximate surface area is 103 Å². The third-order valence-corrected chi connectivity index (χ3v) is 2.50. The molecule has 0 aromatic heterocycles. The van der Waals surface area contributed by atoms with Crippen molar-refractivity contribution >= 4 is 5.69 Å². The van der Waals surface area contributed by atoms with Gasteiger partial charge in [0.1, 0.15) is 5.75 Å². The number of halogens is 2. The molecule has 0 bridgehead atoms. The van der Waals surface area contributed by atoms with Crippen molar-refractivity contribution in [1.82, 2.24) is 0 Å². The Kier molecular flexibility index (Phi) is 3.43. The van der Waals surface area contributed by atoms with Gasteiger partial charge in [-0.25, -0.2) is 4.39 Å². The van der Waals surface area contributed by atoms with Crippen molar-refractivity contribution < 1.29 is 13.5 Å². The van der Waals surface area contributed by atoms with Gasteiger partial charge in [-0.05, 0) is 42.8 Å². The topological polar surface area (TPSA) is 47.3 Å². The number of hydrogen-bond acceptors (Lipinski definition) is 3. The highest BCUT2D eigenvalue weighted by atomic mass is 19.2. The van der Waals surface area contributed by atoms with E-state index in [1.165, 1.54) is 12.1 Å². The Balaban J connectivity index is 2.29. The lowest BCUT2D eigenvalue weighted by molar-refractivity contribution is 0.416. The van der Waals surface area contributed by atoms with E-state index in [1.807, 2.05) is 6.92 Å². The van der Waals surface area contributed by atoms with Gasteiger partial charge in [-0.1, -0.05) is 6.07 Å². The third kappa shape index (κ3) is 2.41. The normalized spacial score (nSPS) is 10.2. The minimum atomic E-state index is -1.00. The summed E-state index contributed by atoms with van der Waals surface area (Å²) >= 11 is 0. The van der Waals surface area contributed by atoms with E-state index in [2.05, 4.69) is 5.43 Å². The van der Waals surface area contributed by atoms with Crippen LogP contribution in [0.25, 0.3) is 0 Å². The molecule has 0 atom stereocenters.